The van der Waals surface area contributed by atoms with Crippen LogP contribution in [0.3, 0.4) is 0 Å². The van der Waals surface area contributed by atoms with E-state index in [4.69, 9.17) is 28.8 Å². The van der Waals surface area contributed by atoms with Crippen LogP contribution in [0.5, 0.6) is 0 Å². The van der Waals surface area contributed by atoms with Crippen molar-refractivity contribution in [1.29, 1.82) is 0 Å². The van der Waals surface area contributed by atoms with Gasteiger partial charge in [0.25, 0.3) is 0 Å². The number of ether oxygens (including phenoxy) is 5. The van der Waals surface area contributed by atoms with E-state index in [0.29, 0.717) is 26.4 Å². The average molecular weight is 266 g/mol. The summed E-state index contributed by atoms with van der Waals surface area (Å²) in [7, 11) is 0. The standard InChI is InChI=1S/C12H26O6/c1-4-14-8-9-15-10-12(17-7-6-13)18-11(3)16-5-2/h11-13H,4-10H2,1-3H3. The van der Waals surface area contributed by atoms with Gasteiger partial charge in [-0.2, -0.15) is 0 Å². The minimum atomic E-state index is -0.541. The Labute approximate surface area is 109 Å². The fourth-order valence-corrected chi connectivity index (χ4v) is 1.24. The molecule has 0 aromatic carbocycles. The zero-order valence-electron chi connectivity index (χ0n) is 11.6. The van der Waals surface area contributed by atoms with Crippen molar-refractivity contribution in [3.63, 3.8) is 0 Å². The topological polar surface area (TPSA) is 66.4 Å². The quantitative estimate of drug-likeness (QED) is 0.392. The highest BCUT2D eigenvalue weighted by Crippen LogP contribution is 2.03. The number of hydrogen-bond donors (Lipinski definition) is 1. The summed E-state index contributed by atoms with van der Waals surface area (Å²) in [5, 5.41) is 8.72. The summed E-state index contributed by atoms with van der Waals surface area (Å²) in [6.45, 7) is 8.32. The van der Waals surface area contributed by atoms with Gasteiger partial charge in [0.2, 0.25) is 0 Å². The molecule has 0 amide bonds. The molecule has 0 radical (unpaired) electrons. The Morgan fingerprint density at radius 1 is 0.944 bits per heavy atom. The van der Waals surface area contributed by atoms with E-state index in [-0.39, 0.29) is 26.1 Å². The molecule has 0 aromatic rings. The molecule has 0 aliphatic heterocycles. The molecule has 0 saturated carbocycles. The highest BCUT2D eigenvalue weighted by molar-refractivity contribution is 4.45. The minimum absolute atomic E-state index is 0.0537. The lowest BCUT2D eigenvalue weighted by Gasteiger charge is -2.22. The molecule has 0 rings (SSSR count). The van der Waals surface area contributed by atoms with Crippen molar-refractivity contribution in [1.82, 2.24) is 0 Å². The van der Waals surface area contributed by atoms with E-state index in [2.05, 4.69) is 0 Å². The third-order valence-corrected chi connectivity index (χ3v) is 1.97. The number of rotatable bonds is 13. The van der Waals surface area contributed by atoms with Crippen LogP contribution < -0.4 is 0 Å². The Balaban J connectivity index is 3.75. The average Bonchev–Trinajstić information content (AvgIpc) is 2.35. The molecule has 2 unspecified atom stereocenters. The third-order valence-electron chi connectivity index (χ3n) is 1.97. The van der Waals surface area contributed by atoms with E-state index in [1.54, 1.807) is 6.92 Å². The molecule has 110 valence electrons. The normalized spacial score (nSPS) is 14.7. The fourth-order valence-electron chi connectivity index (χ4n) is 1.24. The van der Waals surface area contributed by atoms with Gasteiger partial charge in [0, 0.05) is 13.2 Å². The summed E-state index contributed by atoms with van der Waals surface area (Å²) in [6.07, 6.45) is -0.908. The van der Waals surface area contributed by atoms with E-state index in [1.807, 2.05) is 13.8 Å². The summed E-state index contributed by atoms with van der Waals surface area (Å²) < 4.78 is 26.5. The molecule has 2 atom stereocenters. The zero-order chi connectivity index (χ0) is 13.6. The monoisotopic (exact) mass is 266 g/mol. The smallest absolute Gasteiger partial charge is 0.183 e. The van der Waals surface area contributed by atoms with Gasteiger partial charge in [-0.25, -0.2) is 0 Å². The summed E-state index contributed by atoms with van der Waals surface area (Å²) in [6, 6.07) is 0. The van der Waals surface area contributed by atoms with Crippen LogP contribution in [0, 0.1) is 0 Å². The van der Waals surface area contributed by atoms with Gasteiger partial charge in [0.1, 0.15) is 0 Å². The molecular weight excluding hydrogens is 240 g/mol. The van der Waals surface area contributed by atoms with Gasteiger partial charge in [-0.3, -0.25) is 0 Å². The lowest BCUT2D eigenvalue weighted by molar-refractivity contribution is -0.254. The first-order valence-electron chi connectivity index (χ1n) is 6.39. The van der Waals surface area contributed by atoms with E-state index < -0.39 is 6.29 Å². The summed E-state index contributed by atoms with van der Waals surface area (Å²) in [5.41, 5.74) is 0. The van der Waals surface area contributed by atoms with Crippen molar-refractivity contribution in [2.24, 2.45) is 0 Å². The molecule has 6 heteroatoms. The molecule has 0 heterocycles. The second-order valence-electron chi connectivity index (χ2n) is 3.45. The predicted octanol–water partition coefficient (Wildman–Crippen LogP) is 0.774. The number of aliphatic hydroxyl groups is 1. The SMILES string of the molecule is CCOCCOCC(OCCO)OC(C)OCC. The van der Waals surface area contributed by atoms with Crippen LogP contribution in [-0.4, -0.2) is 63.9 Å². The molecule has 1 N–H and O–H groups in total. The van der Waals surface area contributed by atoms with Gasteiger partial charge in [-0.05, 0) is 20.8 Å². The lowest BCUT2D eigenvalue weighted by Crippen LogP contribution is -2.30. The Morgan fingerprint density at radius 2 is 1.67 bits per heavy atom. The Morgan fingerprint density at radius 3 is 2.28 bits per heavy atom. The molecular formula is C12H26O6. The zero-order valence-corrected chi connectivity index (χ0v) is 11.6. The van der Waals surface area contributed by atoms with Gasteiger partial charge in [-0.1, -0.05) is 0 Å². The van der Waals surface area contributed by atoms with E-state index in [0.717, 1.165) is 0 Å². The summed E-state index contributed by atoms with van der Waals surface area (Å²) in [4.78, 5) is 0. The summed E-state index contributed by atoms with van der Waals surface area (Å²) >= 11 is 0. The molecule has 0 saturated heterocycles. The second-order valence-corrected chi connectivity index (χ2v) is 3.45. The van der Waals surface area contributed by atoms with Gasteiger partial charge < -0.3 is 28.8 Å². The Bertz CT molecular complexity index is 167. The fraction of sp³-hybridized carbons (Fsp3) is 1.00. The highest BCUT2D eigenvalue weighted by atomic mass is 16.8. The predicted molar refractivity (Wildman–Crippen MR) is 66.3 cm³/mol. The molecule has 0 aromatic heterocycles. The van der Waals surface area contributed by atoms with Crippen LogP contribution in [0.2, 0.25) is 0 Å². The van der Waals surface area contributed by atoms with Gasteiger partial charge >= 0.3 is 0 Å². The van der Waals surface area contributed by atoms with Gasteiger partial charge in [0.15, 0.2) is 12.6 Å². The third kappa shape index (κ3) is 10.9. The molecule has 6 nitrogen and oxygen atoms in total. The van der Waals surface area contributed by atoms with Crippen molar-refractivity contribution >= 4 is 0 Å². The van der Waals surface area contributed by atoms with E-state index >= 15 is 0 Å². The maximum absolute atomic E-state index is 8.72. The van der Waals surface area contributed by atoms with Crippen LogP contribution in [0.1, 0.15) is 20.8 Å². The second kappa shape index (κ2) is 13.2. The van der Waals surface area contributed by atoms with Crippen molar-refractivity contribution in [2.75, 3.05) is 46.2 Å². The van der Waals surface area contributed by atoms with Crippen LogP contribution in [0.4, 0.5) is 0 Å². The molecule has 18 heavy (non-hydrogen) atoms. The molecule has 0 spiro atoms. The maximum atomic E-state index is 8.72. The van der Waals surface area contributed by atoms with Crippen LogP contribution in [-0.2, 0) is 23.7 Å². The Kier molecular flexibility index (Phi) is 13.0. The van der Waals surface area contributed by atoms with E-state index in [1.165, 1.54) is 0 Å². The largest absolute Gasteiger partial charge is 0.394 e. The van der Waals surface area contributed by atoms with Crippen molar-refractivity contribution in [3.8, 4) is 0 Å². The van der Waals surface area contributed by atoms with Gasteiger partial charge in [-0.15, -0.1) is 0 Å². The van der Waals surface area contributed by atoms with Crippen LogP contribution >= 0.6 is 0 Å². The molecule has 0 aliphatic carbocycles. The number of hydrogen-bond acceptors (Lipinski definition) is 6. The first-order chi connectivity index (χ1) is 8.74. The van der Waals surface area contributed by atoms with Crippen LogP contribution in [0.15, 0.2) is 0 Å². The highest BCUT2D eigenvalue weighted by Gasteiger charge is 2.14. The summed E-state index contributed by atoms with van der Waals surface area (Å²) in [5.74, 6) is 0. The first kappa shape index (κ1) is 17.8. The van der Waals surface area contributed by atoms with E-state index in [9.17, 15) is 0 Å². The lowest BCUT2D eigenvalue weighted by atomic mass is 10.6. The molecule has 0 fully saturated rings. The van der Waals surface area contributed by atoms with Gasteiger partial charge in [0.05, 0.1) is 33.0 Å². The Hall–Kier alpha value is -0.240. The van der Waals surface area contributed by atoms with Crippen molar-refractivity contribution in [2.45, 2.75) is 33.4 Å². The van der Waals surface area contributed by atoms with Crippen molar-refractivity contribution in [3.05, 3.63) is 0 Å². The maximum Gasteiger partial charge on any atom is 0.183 e. The molecule has 0 bridgehead atoms. The first-order valence-corrected chi connectivity index (χ1v) is 6.39. The van der Waals surface area contributed by atoms with Crippen molar-refractivity contribution < 1.29 is 28.8 Å². The number of aliphatic hydroxyl groups excluding tert-OH is 1. The minimum Gasteiger partial charge on any atom is -0.394 e. The molecule has 0 aliphatic rings. The van der Waals surface area contributed by atoms with Crippen LogP contribution in [0.25, 0.3) is 0 Å².